The zero-order valence-electron chi connectivity index (χ0n) is 16.4. The second kappa shape index (κ2) is 8.20. The SMILES string of the molecule is CCCn1nc(C(=O)NNC(=O)Cc2c[nH]c3ccccc23)c2ccccc2c1=O. The number of carbonyl (C=O) groups is 2. The summed E-state index contributed by atoms with van der Waals surface area (Å²) in [7, 11) is 0. The molecule has 2 aromatic carbocycles. The number of nitrogens with one attached hydrogen (secondary N) is 3. The highest BCUT2D eigenvalue weighted by Crippen LogP contribution is 2.18. The van der Waals surface area contributed by atoms with Crippen molar-refractivity contribution in [3.8, 4) is 0 Å². The third-order valence-corrected chi connectivity index (χ3v) is 4.86. The molecular weight excluding hydrogens is 382 g/mol. The number of benzene rings is 2. The fourth-order valence-electron chi connectivity index (χ4n) is 3.45. The Morgan fingerprint density at radius 1 is 1.00 bits per heavy atom. The second-order valence-corrected chi connectivity index (χ2v) is 6.96. The molecule has 0 unspecified atom stereocenters. The van der Waals surface area contributed by atoms with E-state index >= 15 is 0 Å². The van der Waals surface area contributed by atoms with E-state index < -0.39 is 5.91 Å². The topological polar surface area (TPSA) is 109 Å². The highest BCUT2D eigenvalue weighted by Gasteiger charge is 2.17. The number of H-pyrrole nitrogens is 1. The molecule has 0 saturated heterocycles. The number of amides is 2. The van der Waals surface area contributed by atoms with E-state index in [0.717, 1.165) is 16.5 Å². The number of hydrogen-bond acceptors (Lipinski definition) is 4. The van der Waals surface area contributed by atoms with Crippen molar-refractivity contribution in [2.24, 2.45) is 0 Å². The van der Waals surface area contributed by atoms with E-state index in [1.54, 1.807) is 30.5 Å². The lowest BCUT2D eigenvalue weighted by Crippen LogP contribution is -2.43. The highest BCUT2D eigenvalue weighted by atomic mass is 16.2. The van der Waals surface area contributed by atoms with Gasteiger partial charge in [-0.3, -0.25) is 25.2 Å². The van der Waals surface area contributed by atoms with Crippen LogP contribution in [-0.4, -0.2) is 26.6 Å². The van der Waals surface area contributed by atoms with Gasteiger partial charge in [-0.05, 0) is 24.1 Å². The lowest BCUT2D eigenvalue weighted by molar-refractivity contribution is -0.121. The number of aromatic nitrogens is 3. The van der Waals surface area contributed by atoms with E-state index in [1.807, 2.05) is 31.2 Å². The normalized spacial score (nSPS) is 11.0. The maximum absolute atomic E-state index is 12.7. The lowest BCUT2D eigenvalue weighted by Gasteiger charge is -2.11. The first-order valence-electron chi connectivity index (χ1n) is 9.72. The average molecular weight is 403 g/mol. The van der Waals surface area contributed by atoms with Crippen LogP contribution in [-0.2, 0) is 17.8 Å². The van der Waals surface area contributed by atoms with Gasteiger partial charge >= 0.3 is 0 Å². The fourth-order valence-corrected chi connectivity index (χ4v) is 3.45. The van der Waals surface area contributed by atoms with Crippen LogP contribution in [0.2, 0.25) is 0 Å². The Morgan fingerprint density at radius 3 is 2.47 bits per heavy atom. The Bertz CT molecular complexity index is 1310. The number of rotatable bonds is 5. The molecule has 2 aromatic heterocycles. The van der Waals surface area contributed by atoms with Crippen molar-refractivity contribution in [1.29, 1.82) is 0 Å². The van der Waals surface area contributed by atoms with Gasteiger partial charge in [0.05, 0.1) is 11.8 Å². The summed E-state index contributed by atoms with van der Waals surface area (Å²) in [5.74, 6) is -0.942. The van der Waals surface area contributed by atoms with Crippen molar-refractivity contribution in [1.82, 2.24) is 25.6 Å². The third kappa shape index (κ3) is 3.67. The Hall–Kier alpha value is -3.94. The zero-order chi connectivity index (χ0) is 21.1. The van der Waals surface area contributed by atoms with E-state index in [0.29, 0.717) is 23.7 Å². The first-order chi connectivity index (χ1) is 14.6. The number of hydrazine groups is 1. The maximum atomic E-state index is 12.7. The van der Waals surface area contributed by atoms with Gasteiger partial charge in [-0.15, -0.1) is 0 Å². The maximum Gasteiger partial charge on any atom is 0.290 e. The first-order valence-corrected chi connectivity index (χ1v) is 9.72. The average Bonchev–Trinajstić information content (AvgIpc) is 3.17. The van der Waals surface area contributed by atoms with Crippen molar-refractivity contribution < 1.29 is 9.59 Å². The smallest absolute Gasteiger partial charge is 0.290 e. The summed E-state index contributed by atoms with van der Waals surface area (Å²) in [5, 5.41) is 6.03. The van der Waals surface area contributed by atoms with Crippen molar-refractivity contribution in [2.45, 2.75) is 26.3 Å². The van der Waals surface area contributed by atoms with E-state index in [-0.39, 0.29) is 23.6 Å². The molecule has 8 heteroatoms. The van der Waals surface area contributed by atoms with Gasteiger partial charge in [0.25, 0.3) is 11.5 Å². The summed E-state index contributed by atoms with van der Waals surface area (Å²) in [6.45, 7) is 2.32. The van der Waals surface area contributed by atoms with Crippen LogP contribution in [0.5, 0.6) is 0 Å². The standard InChI is InChI=1S/C22H21N5O3/c1-2-11-27-22(30)17-9-4-3-8-16(17)20(26-27)21(29)25-24-19(28)12-14-13-23-18-10-6-5-7-15(14)18/h3-10,13,23H,2,11-12H2,1H3,(H,24,28)(H,25,29). The third-order valence-electron chi connectivity index (χ3n) is 4.86. The van der Waals surface area contributed by atoms with Gasteiger partial charge in [0.2, 0.25) is 5.91 Å². The van der Waals surface area contributed by atoms with Gasteiger partial charge < -0.3 is 4.98 Å². The summed E-state index contributed by atoms with van der Waals surface area (Å²) in [6.07, 6.45) is 2.59. The molecule has 0 atom stereocenters. The predicted octanol–water partition coefficient (Wildman–Crippen LogP) is 2.29. The molecule has 2 heterocycles. The van der Waals surface area contributed by atoms with E-state index in [1.165, 1.54) is 4.68 Å². The number of carbonyl (C=O) groups excluding carboxylic acids is 2. The number of aromatic amines is 1. The monoisotopic (exact) mass is 403 g/mol. The Labute approximate surface area is 171 Å². The van der Waals surface area contributed by atoms with Gasteiger partial charge in [0.1, 0.15) is 0 Å². The highest BCUT2D eigenvalue weighted by molar-refractivity contribution is 6.05. The largest absolute Gasteiger partial charge is 0.361 e. The molecule has 3 N–H and O–H groups in total. The van der Waals surface area contributed by atoms with Gasteiger partial charge in [0.15, 0.2) is 5.69 Å². The molecule has 152 valence electrons. The summed E-state index contributed by atoms with van der Waals surface area (Å²) in [4.78, 5) is 40.8. The molecule has 4 rings (SSSR count). The van der Waals surface area contributed by atoms with E-state index in [9.17, 15) is 14.4 Å². The molecule has 0 aliphatic heterocycles. The molecule has 0 bridgehead atoms. The Balaban J connectivity index is 1.52. The minimum Gasteiger partial charge on any atom is -0.361 e. The van der Waals surface area contributed by atoms with Crippen LogP contribution in [0.3, 0.4) is 0 Å². The summed E-state index contributed by atoms with van der Waals surface area (Å²) < 4.78 is 1.28. The molecule has 0 saturated carbocycles. The van der Waals surface area contributed by atoms with Crippen LogP contribution < -0.4 is 16.4 Å². The quantitative estimate of drug-likeness (QED) is 0.444. The van der Waals surface area contributed by atoms with Crippen molar-refractivity contribution in [3.63, 3.8) is 0 Å². The summed E-state index contributed by atoms with van der Waals surface area (Å²) >= 11 is 0. The van der Waals surface area contributed by atoms with Crippen LogP contribution in [0.4, 0.5) is 0 Å². The van der Waals surface area contributed by atoms with Gasteiger partial charge in [0, 0.05) is 29.0 Å². The number of aryl methyl sites for hydroxylation is 1. The van der Waals surface area contributed by atoms with Crippen LogP contribution in [0, 0.1) is 0 Å². The zero-order valence-corrected chi connectivity index (χ0v) is 16.4. The first kappa shape index (κ1) is 19.4. The van der Waals surface area contributed by atoms with Crippen LogP contribution in [0.1, 0.15) is 29.4 Å². The van der Waals surface area contributed by atoms with Crippen LogP contribution in [0.25, 0.3) is 21.7 Å². The minimum absolute atomic E-state index is 0.0889. The molecule has 0 spiro atoms. The molecule has 0 aliphatic rings. The van der Waals surface area contributed by atoms with Crippen molar-refractivity contribution >= 4 is 33.5 Å². The number of hydrogen-bond donors (Lipinski definition) is 3. The molecule has 2 amide bonds. The minimum atomic E-state index is -0.580. The predicted molar refractivity (Wildman–Crippen MR) is 114 cm³/mol. The summed E-state index contributed by atoms with van der Waals surface area (Å²) in [5.41, 5.74) is 6.47. The molecule has 4 aromatic rings. The molecular formula is C22H21N5O3. The number of fused-ring (bicyclic) bond motifs is 2. The molecule has 0 radical (unpaired) electrons. The molecule has 0 fully saturated rings. The molecule has 30 heavy (non-hydrogen) atoms. The van der Waals surface area contributed by atoms with Gasteiger partial charge in [-0.1, -0.05) is 43.3 Å². The van der Waals surface area contributed by atoms with E-state index in [2.05, 4.69) is 20.9 Å². The number of nitrogens with zero attached hydrogens (tertiary/aromatic N) is 2. The van der Waals surface area contributed by atoms with Crippen molar-refractivity contribution in [3.05, 3.63) is 76.3 Å². The van der Waals surface area contributed by atoms with Crippen LogP contribution >= 0.6 is 0 Å². The van der Waals surface area contributed by atoms with Gasteiger partial charge in [-0.25, -0.2) is 4.68 Å². The lowest BCUT2D eigenvalue weighted by atomic mass is 10.1. The molecule has 8 nitrogen and oxygen atoms in total. The Kier molecular flexibility index (Phi) is 5.30. The van der Waals surface area contributed by atoms with E-state index in [4.69, 9.17) is 0 Å². The Morgan fingerprint density at radius 2 is 1.70 bits per heavy atom. The number of para-hydroxylation sites is 1. The fraction of sp³-hybridized carbons (Fsp3) is 0.182. The summed E-state index contributed by atoms with van der Waals surface area (Å²) in [6, 6.07) is 14.5. The van der Waals surface area contributed by atoms with Gasteiger partial charge in [-0.2, -0.15) is 5.10 Å². The second-order valence-electron chi connectivity index (χ2n) is 6.96. The van der Waals surface area contributed by atoms with Crippen LogP contribution in [0.15, 0.2) is 59.5 Å². The molecule has 0 aliphatic carbocycles. The van der Waals surface area contributed by atoms with Crippen molar-refractivity contribution in [2.75, 3.05) is 0 Å².